The average molecular weight is 901 g/mol. The van der Waals surface area contributed by atoms with Crippen LogP contribution in [-0.2, 0) is 20.6 Å². The quantitative estimate of drug-likeness (QED) is 0.0398. The number of nitrogens with one attached hydrogen (secondary N) is 3. The van der Waals surface area contributed by atoms with Gasteiger partial charge in [0.1, 0.15) is 22.6 Å². The van der Waals surface area contributed by atoms with Crippen LogP contribution in [-0.4, -0.2) is 64.1 Å². The lowest BCUT2D eigenvalue weighted by Crippen LogP contribution is -2.45. The number of fused-ring (bicyclic) bond motifs is 1. The van der Waals surface area contributed by atoms with Gasteiger partial charge in [0.05, 0.1) is 36.1 Å². The molecule has 1 saturated heterocycles. The number of nitrogens with two attached hydrogens (primary N) is 1. The van der Waals surface area contributed by atoms with Gasteiger partial charge in [0, 0.05) is 45.8 Å². The van der Waals surface area contributed by atoms with Crippen LogP contribution in [0.2, 0.25) is 0 Å². The molecule has 3 amide bonds. The van der Waals surface area contributed by atoms with E-state index in [0.29, 0.717) is 54.0 Å². The maximum atomic E-state index is 13.2. The van der Waals surface area contributed by atoms with Gasteiger partial charge < -0.3 is 25.7 Å². The van der Waals surface area contributed by atoms with E-state index in [1.54, 1.807) is 42.5 Å². The molecule has 336 valence electrons. The first-order valence-corrected chi connectivity index (χ1v) is 22.8. The molecule has 3 fully saturated rings. The number of H-pyrrole nitrogens is 1. The molecule has 0 bridgehead atoms. The second kappa shape index (κ2) is 21.9. The number of rotatable bonds is 15. The minimum absolute atomic E-state index is 0.00389. The van der Waals surface area contributed by atoms with E-state index in [1.807, 2.05) is 18.4 Å². The van der Waals surface area contributed by atoms with Crippen molar-refractivity contribution in [3.63, 3.8) is 0 Å². The minimum Gasteiger partial charge on any atom is -0.496 e. The van der Waals surface area contributed by atoms with Gasteiger partial charge in [-0.15, -0.1) is 11.3 Å². The number of aromatic nitrogens is 2. The standard InChI is InChI=1S/C17H18N2O2S.C14H15F4N3O2.C14H23NOS/c1-9(2)13-8-22-17(19-13)12-7-14(20)11-5-6-15(21-4)10(3)16(11)18-12;15-10-4-3-8(6-9(10)14(16,17)18)20-7-12(22)21-5-1-2-11(21)13(19)23;1-2-3-4-5-6-7-11-10-13(11)14(16)15-17-12-8-9-12/h5-9H,1-4H3,(H,18,20);3-4,6,11,20H,1-2,5,7H2,(H2,19,23);6-7,11-13H,2-5,8-10H2,1H3,(H,15,16)/b;;7-6-/t;11-;11-,13+/m.01/s1. The van der Waals surface area contributed by atoms with Crippen LogP contribution in [0.4, 0.5) is 23.2 Å². The molecule has 2 saturated carbocycles. The highest BCUT2D eigenvalue weighted by atomic mass is 32.2. The third kappa shape index (κ3) is 13.3. The summed E-state index contributed by atoms with van der Waals surface area (Å²) in [6.45, 7) is 8.44. The highest BCUT2D eigenvalue weighted by Crippen LogP contribution is 2.41. The fourth-order valence-corrected chi connectivity index (χ4v) is 8.62. The Balaban J connectivity index is 0.000000178. The summed E-state index contributed by atoms with van der Waals surface area (Å²) in [5.41, 5.74) is 7.28. The molecule has 0 spiro atoms. The fourth-order valence-electron chi connectivity index (χ4n) is 6.86. The number of aromatic amines is 1. The molecule has 2 aliphatic carbocycles. The first-order valence-electron chi connectivity index (χ1n) is 21.0. The number of hydrogen-bond donors (Lipinski definition) is 4. The summed E-state index contributed by atoms with van der Waals surface area (Å²) in [6.07, 6.45) is 9.46. The Bertz CT molecular complexity index is 2270. The molecule has 3 atom stereocenters. The van der Waals surface area contributed by atoms with Gasteiger partial charge in [0.2, 0.25) is 17.7 Å². The Hall–Kier alpha value is -4.90. The predicted octanol–water partition coefficient (Wildman–Crippen LogP) is 9.51. The van der Waals surface area contributed by atoms with Gasteiger partial charge >= 0.3 is 6.18 Å². The van der Waals surface area contributed by atoms with Crippen molar-refractivity contribution in [1.29, 1.82) is 0 Å². The molecule has 3 heterocycles. The molecule has 0 unspecified atom stereocenters. The molecule has 11 nitrogen and oxygen atoms in total. The second-order valence-corrected chi connectivity index (χ2v) is 18.0. The molecule has 2 aromatic heterocycles. The first kappa shape index (κ1) is 48.1. The molecule has 7 rings (SSSR count). The van der Waals surface area contributed by atoms with Gasteiger partial charge in [-0.1, -0.05) is 45.8 Å². The van der Waals surface area contributed by atoms with E-state index >= 15 is 0 Å². The number of halogens is 4. The van der Waals surface area contributed by atoms with E-state index < -0.39 is 35.4 Å². The Morgan fingerprint density at radius 1 is 1.13 bits per heavy atom. The SMILES string of the molecule is CCCCC/C=C\[C@@H]1C[C@@H]1C(=O)NSC1CC1.COc1ccc2c(=O)cc(-c3nc(C(C)C)cs3)[nH]c2c1C.NC(=O)[C@@H]1CCCN1C(=O)CNc1ccc(F)c(C(F)(F)F)c1. The highest BCUT2D eigenvalue weighted by molar-refractivity contribution is 7.98. The van der Waals surface area contributed by atoms with Crippen LogP contribution in [0.5, 0.6) is 5.75 Å². The largest absolute Gasteiger partial charge is 0.496 e. The maximum absolute atomic E-state index is 13.2. The number of aryl methyl sites for hydroxylation is 1. The number of methoxy groups -OCH3 is 1. The zero-order valence-corrected chi connectivity index (χ0v) is 37.3. The van der Waals surface area contributed by atoms with Crippen molar-refractivity contribution in [3.05, 3.63) is 86.8 Å². The number of likely N-dealkylation sites (tertiary alicyclic amines) is 1. The molecule has 2 aromatic carbocycles. The van der Waals surface area contributed by atoms with Crippen molar-refractivity contribution in [2.24, 2.45) is 17.6 Å². The molecule has 4 aromatic rings. The third-order valence-electron chi connectivity index (χ3n) is 10.8. The summed E-state index contributed by atoms with van der Waals surface area (Å²) in [5, 5.41) is 6.77. The van der Waals surface area contributed by atoms with Crippen molar-refractivity contribution in [1.82, 2.24) is 19.6 Å². The summed E-state index contributed by atoms with van der Waals surface area (Å²) in [5.74, 6) is -0.268. The molecule has 17 heteroatoms. The lowest BCUT2D eigenvalue weighted by atomic mass is 10.1. The van der Waals surface area contributed by atoms with Crippen molar-refractivity contribution in [2.45, 2.75) is 109 Å². The highest BCUT2D eigenvalue weighted by Gasteiger charge is 2.41. The normalized spacial score (nSPS) is 18.2. The number of benzene rings is 2. The lowest BCUT2D eigenvalue weighted by molar-refractivity contribution is -0.140. The Labute approximate surface area is 367 Å². The van der Waals surface area contributed by atoms with Crippen LogP contribution in [0.25, 0.3) is 21.6 Å². The lowest BCUT2D eigenvalue weighted by Gasteiger charge is -2.22. The number of hydrogen-bond acceptors (Lipinski definition) is 9. The van der Waals surface area contributed by atoms with Crippen LogP contribution in [0.1, 0.15) is 101 Å². The van der Waals surface area contributed by atoms with Crippen molar-refractivity contribution < 1.29 is 36.7 Å². The number of carbonyl (C=O) groups excluding carboxylic acids is 3. The average Bonchev–Trinajstić information content (AvgIpc) is 4.10. The summed E-state index contributed by atoms with van der Waals surface area (Å²) in [7, 11) is 1.63. The maximum Gasteiger partial charge on any atom is 0.419 e. The van der Waals surface area contributed by atoms with Crippen molar-refractivity contribution in [3.8, 4) is 16.5 Å². The summed E-state index contributed by atoms with van der Waals surface area (Å²) < 4.78 is 59.4. The first-order chi connectivity index (χ1) is 29.5. The predicted molar refractivity (Wildman–Crippen MR) is 239 cm³/mol. The monoisotopic (exact) mass is 900 g/mol. The number of pyridine rings is 1. The number of thiazole rings is 1. The molecule has 62 heavy (non-hydrogen) atoms. The molecule has 5 N–H and O–H groups in total. The molecule has 1 aliphatic heterocycles. The number of primary amides is 1. The van der Waals surface area contributed by atoms with Crippen LogP contribution >= 0.6 is 23.3 Å². The van der Waals surface area contributed by atoms with Crippen LogP contribution < -0.4 is 25.9 Å². The number of carbonyl (C=O) groups is 3. The Morgan fingerprint density at radius 2 is 1.89 bits per heavy atom. The van der Waals surface area contributed by atoms with E-state index in [1.165, 1.54) is 43.4 Å². The van der Waals surface area contributed by atoms with Gasteiger partial charge in [0.25, 0.3) is 0 Å². The molecular weight excluding hydrogens is 845 g/mol. The second-order valence-electron chi connectivity index (χ2n) is 16.0. The van der Waals surface area contributed by atoms with Gasteiger partial charge in [0.15, 0.2) is 5.43 Å². The Morgan fingerprint density at radius 3 is 2.53 bits per heavy atom. The van der Waals surface area contributed by atoms with Crippen LogP contribution in [0.3, 0.4) is 0 Å². The summed E-state index contributed by atoms with van der Waals surface area (Å²) in [6, 6.07) is 6.93. The summed E-state index contributed by atoms with van der Waals surface area (Å²) in [4.78, 5) is 56.6. The van der Waals surface area contributed by atoms with Crippen LogP contribution in [0, 0.1) is 24.6 Å². The third-order valence-corrected chi connectivity index (χ3v) is 12.8. The summed E-state index contributed by atoms with van der Waals surface area (Å²) >= 11 is 3.18. The van der Waals surface area contributed by atoms with E-state index in [2.05, 4.69) is 52.9 Å². The number of unbranched alkanes of at least 4 members (excludes halogenated alkanes) is 3. The van der Waals surface area contributed by atoms with E-state index in [9.17, 15) is 36.7 Å². The number of allylic oxidation sites excluding steroid dienone is 2. The fraction of sp³-hybridized carbons (Fsp3) is 0.489. The smallest absolute Gasteiger partial charge is 0.419 e. The number of ether oxygens (including phenoxy) is 1. The van der Waals surface area contributed by atoms with Gasteiger partial charge in [-0.2, -0.15) is 13.2 Å². The van der Waals surface area contributed by atoms with Gasteiger partial charge in [-0.3, -0.25) is 23.9 Å². The van der Waals surface area contributed by atoms with Crippen molar-refractivity contribution >= 4 is 57.6 Å². The minimum atomic E-state index is -4.82. The number of amides is 3. The van der Waals surface area contributed by atoms with Gasteiger partial charge in [-0.05, 0) is 106 Å². The van der Waals surface area contributed by atoms with E-state index in [4.69, 9.17) is 10.5 Å². The Kier molecular flexibility index (Phi) is 17.0. The van der Waals surface area contributed by atoms with Crippen LogP contribution in [0.15, 0.2) is 58.7 Å². The number of anilines is 1. The van der Waals surface area contributed by atoms with E-state index in [0.717, 1.165) is 45.7 Å². The zero-order valence-electron chi connectivity index (χ0n) is 35.7. The zero-order chi connectivity index (χ0) is 45.1. The number of nitrogens with zero attached hydrogens (tertiary/aromatic N) is 2. The molecule has 3 aliphatic rings. The molecular formula is C45H56F4N6O5S2. The topological polar surface area (TPSA) is 160 Å². The van der Waals surface area contributed by atoms with Crippen molar-refractivity contribution in [2.75, 3.05) is 25.5 Å². The van der Waals surface area contributed by atoms with E-state index in [-0.39, 0.29) is 29.5 Å². The number of alkyl halides is 3. The van der Waals surface area contributed by atoms with Gasteiger partial charge in [-0.25, -0.2) is 9.37 Å². The molecule has 0 radical (unpaired) electrons.